The Morgan fingerprint density at radius 1 is 0.917 bits per heavy atom. The van der Waals surface area contributed by atoms with Crippen molar-refractivity contribution in [2.75, 3.05) is 0 Å². The van der Waals surface area contributed by atoms with E-state index in [2.05, 4.69) is 43.4 Å². The molecule has 12 heavy (non-hydrogen) atoms. The van der Waals surface area contributed by atoms with Gasteiger partial charge < -0.3 is 0 Å². The molecule has 0 amide bonds. The molecule has 0 bridgehead atoms. The third kappa shape index (κ3) is 1.14. The maximum absolute atomic E-state index is 2.43. The topological polar surface area (TPSA) is 0 Å². The predicted molar refractivity (Wildman–Crippen MR) is 66.6 cm³/mol. The Kier molecular flexibility index (Phi) is 2.21. The van der Waals surface area contributed by atoms with E-state index in [0.717, 1.165) is 0 Å². The maximum atomic E-state index is 2.43. The van der Waals surface area contributed by atoms with Crippen LogP contribution in [0.25, 0.3) is 9.40 Å². The van der Waals surface area contributed by atoms with Gasteiger partial charge >= 0.3 is 0 Å². The van der Waals surface area contributed by atoms with Gasteiger partial charge in [0, 0.05) is 14.3 Å². The highest BCUT2D eigenvalue weighted by atomic mass is 127. The fraction of sp³-hybridized carbons (Fsp3) is 0.333. The molecule has 2 aromatic rings. The summed E-state index contributed by atoms with van der Waals surface area (Å²) in [5.41, 5.74) is 2.95. The van der Waals surface area contributed by atoms with Gasteiger partial charge in [0.25, 0.3) is 0 Å². The molecule has 0 aromatic carbocycles. The Morgan fingerprint density at radius 3 is 2.08 bits per heavy atom. The minimum atomic E-state index is 1.44. The molecule has 0 N–H and O–H groups in total. The SMILES string of the molecule is Cc1sc2c(C)c(I)sc2c1C. The highest BCUT2D eigenvalue weighted by molar-refractivity contribution is 14.1. The summed E-state index contributed by atoms with van der Waals surface area (Å²) in [5.74, 6) is 0. The van der Waals surface area contributed by atoms with Crippen molar-refractivity contribution in [3.05, 3.63) is 18.9 Å². The van der Waals surface area contributed by atoms with E-state index < -0.39 is 0 Å². The first kappa shape index (κ1) is 8.97. The minimum absolute atomic E-state index is 1.44. The molecule has 2 aromatic heterocycles. The first-order chi connectivity index (χ1) is 5.61. The van der Waals surface area contributed by atoms with Crippen LogP contribution in [0, 0.1) is 23.7 Å². The number of aryl methyl sites for hydroxylation is 3. The molecule has 0 aliphatic heterocycles. The van der Waals surface area contributed by atoms with E-state index in [4.69, 9.17) is 0 Å². The molecule has 0 atom stereocenters. The highest BCUT2D eigenvalue weighted by Crippen LogP contribution is 2.40. The van der Waals surface area contributed by atoms with Crippen molar-refractivity contribution in [2.24, 2.45) is 0 Å². The van der Waals surface area contributed by atoms with Gasteiger partial charge in [-0.25, -0.2) is 0 Å². The Balaban J connectivity index is 2.93. The van der Waals surface area contributed by atoms with Gasteiger partial charge in [-0.15, -0.1) is 22.7 Å². The molecule has 0 aliphatic rings. The largest absolute Gasteiger partial charge is 0.139 e. The predicted octanol–water partition coefficient (Wildman–Crippen LogP) is 4.49. The fourth-order valence-electron chi connectivity index (χ4n) is 1.23. The van der Waals surface area contributed by atoms with Gasteiger partial charge in [0.1, 0.15) is 0 Å². The molecular formula is C9H9IS2. The van der Waals surface area contributed by atoms with Crippen LogP contribution >= 0.6 is 45.3 Å². The lowest BCUT2D eigenvalue weighted by Gasteiger charge is -1.86. The molecule has 0 aliphatic carbocycles. The first-order valence-corrected chi connectivity index (χ1v) is 6.47. The molecule has 0 radical (unpaired) electrons. The Hall–Kier alpha value is 0.390. The Labute approximate surface area is 93.8 Å². The van der Waals surface area contributed by atoms with Gasteiger partial charge in [-0.3, -0.25) is 0 Å². The lowest BCUT2D eigenvalue weighted by atomic mass is 10.2. The minimum Gasteiger partial charge on any atom is -0.139 e. The molecule has 0 saturated heterocycles. The van der Waals surface area contributed by atoms with Crippen LogP contribution < -0.4 is 0 Å². The third-order valence-corrected chi connectivity index (χ3v) is 6.28. The van der Waals surface area contributed by atoms with E-state index in [-0.39, 0.29) is 0 Å². The summed E-state index contributed by atoms with van der Waals surface area (Å²) in [5, 5.41) is 0. The Bertz CT molecular complexity index is 395. The molecule has 0 spiro atoms. The van der Waals surface area contributed by atoms with E-state index in [9.17, 15) is 0 Å². The van der Waals surface area contributed by atoms with Gasteiger partial charge in [0.15, 0.2) is 0 Å². The van der Waals surface area contributed by atoms with Crippen molar-refractivity contribution in [3.63, 3.8) is 0 Å². The summed E-state index contributed by atoms with van der Waals surface area (Å²) in [6.45, 7) is 6.65. The van der Waals surface area contributed by atoms with E-state index in [1.54, 1.807) is 0 Å². The molecule has 3 heteroatoms. The summed E-state index contributed by atoms with van der Waals surface area (Å²) >= 11 is 6.28. The van der Waals surface area contributed by atoms with Gasteiger partial charge in [0.2, 0.25) is 0 Å². The fourth-order valence-corrected chi connectivity index (χ4v) is 4.77. The van der Waals surface area contributed by atoms with Crippen molar-refractivity contribution in [1.82, 2.24) is 0 Å². The number of halogens is 1. The van der Waals surface area contributed by atoms with Crippen LogP contribution in [0.5, 0.6) is 0 Å². The first-order valence-electron chi connectivity index (χ1n) is 3.76. The van der Waals surface area contributed by atoms with Crippen molar-refractivity contribution < 1.29 is 0 Å². The van der Waals surface area contributed by atoms with Crippen LogP contribution in [-0.4, -0.2) is 0 Å². The second-order valence-corrected chi connectivity index (χ2v) is 7.00. The normalized spacial score (nSPS) is 11.3. The summed E-state index contributed by atoms with van der Waals surface area (Å²) in [7, 11) is 0. The standard InChI is InChI=1S/C9H9IS2/c1-4-6(3)11-8-5(2)9(10)12-7(4)8/h1-3H3. The van der Waals surface area contributed by atoms with Crippen LogP contribution in [0.1, 0.15) is 16.0 Å². The van der Waals surface area contributed by atoms with Crippen molar-refractivity contribution in [1.29, 1.82) is 0 Å². The van der Waals surface area contributed by atoms with Crippen LogP contribution in [-0.2, 0) is 0 Å². The number of fused-ring (bicyclic) bond motifs is 1. The molecule has 0 nitrogen and oxygen atoms in total. The second kappa shape index (κ2) is 2.96. The summed E-state index contributed by atoms with van der Waals surface area (Å²) in [4.78, 5) is 1.47. The highest BCUT2D eigenvalue weighted by Gasteiger charge is 2.12. The van der Waals surface area contributed by atoms with Crippen LogP contribution in [0.4, 0.5) is 0 Å². The quantitative estimate of drug-likeness (QED) is 0.629. The molecule has 0 unspecified atom stereocenters. The summed E-state index contributed by atoms with van der Waals surface area (Å²) in [6, 6.07) is 0. The monoisotopic (exact) mass is 308 g/mol. The van der Waals surface area contributed by atoms with Crippen molar-refractivity contribution >= 4 is 54.7 Å². The Morgan fingerprint density at radius 2 is 1.50 bits per heavy atom. The van der Waals surface area contributed by atoms with Crippen molar-refractivity contribution in [3.8, 4) is 0 Å². The molecule has 2 rings (SSSR count). The molecular weight excluding hydrogens is 299 g/mol. The van der Waals surface area contributed by atoms with Gasteiger partial charge in [-0.05, 0) is 54.5 Å². The summed E-state index contributed by atoms with van der Waals surface area (Å²) in [6.07, 6.45) is 0. The van der Waals surface area contributed by atoms with Gasteiger partial charge in [0.05, 0.1) is 2.88 Å². The number of hydrogen-bond acceptors (Lipinski definition) is 2. The summed E-state index contributed by atoms with van der Waals surface area (Å²) < 4.78 is 4.44. The van der Waals surface area contributed by atoms with Crippen LogP contribution in [0.3, 0.4) is 0 Å². The zero-order chi connectivity index (χ0) is 8.88. The average molecular weight is 308 g/mol. The van der Waals surface area contributed by atoms with Crippen LogP contribution in [0.15, 0.2) is 0 Å². The van der Waals surface area contributed by atoms with E-state index in [1.807, 2.05) is 22.7 Å². The van der Waals surface area contributed by atoms with Gasteiger partial charge in [-0.1, -0.05) is 0 Å². The average Bonchev–Trinajstić information content (AvgIpc) is 2.43. The molecule has 0 saturated carbocycles. The van der Waals surface area contributed by atoms with Crippen molar-refractivity contribution in [2.45, 2.75) is 20.8 Å². The maximum Gasteiger partial charge on any atom is 0.0703 e. The number of rotatable bonds is 0. The van der Waals surface area contributed by atoms with E-state index in [0.29, 0.717) is 0 Å². The van der Waals surface area contributed by atoms with E-state index >= 15 is 0 Å². The lowest BCUT2D eigenvalue weighted by molar-refractivity contribution is 1.48. The molecule has 64 valence electrons. The number of thiophene rings is 2. The lowest BCUT2D eigenvalue weighted by Crippen LogP contribution is -1.64. The smallest absolute Gasteiger partial charge is 0.0703 e. The molecule has 2 heterocycles. The zero-order valence-electron chi connectivity index (χ0n) is 7.19. The van der Waals surface area contributed by atoms with Gasteiger partial charge in [-0.2, -0.15) is 0 Å². The number of hydrogen-bond donors (Lipinski definition) is 0. The third-order valence-electron chi connectivity index (χ3n) is 2.16. The van der Waals surface area contributed by atoms with E-state index in [1.165, 1.54) is 28.3 Å². The second-order valence-electron chi connectivity index (χ2n) is 2.94. The zero-order valence-corrected chi connectivity index (χ0v) is 11.0. The van der Waals surface area contributed by atoms with Crippen LogP contribution in [0.2, 0.25) is 0 Å². The molecule has 0 fully saturated rings.